The molecule has 0 aliphatic carbocycles. The minimum absolute atomic E-state index is 0.00828. The number of phenols is 1. The number of carbonyl (C=O) groups excluding carboxylic acids is 2. The first-order chi connectivity index (χ1) is 12.8. The van der Waals surface area contributed by atoms with Crippen LogP contribution in [0.15, 0.2) is 50.9 Å². The molecule has 3 rings (SSSR count). The summed E-state index contributed by atoms with van der Waals surface area (Å²) in [7, 11) is 1.41. The number of aromatic hydroxyl groups is 1. The molecule has 0 saturated carbocycles. The molecular weight excluding hydrogens is 500 g/mol. The van der Waals surface area contributed by atoms with Crippen LogP contribution in [0.25, 0.3) is 6.08 Å². The lowest BCUT2D eigenvalue weighted by Gasteiger charge is -2.29. The van der Waals surface area contributed by atoms with Gasteiger partial charge in [-0.25, -0.2) is 0 Å². The number of nitrogens with zero attached hydrogens (tertiary/aromatic N) is 1. The number of nitrogens with one attached hydrogen (secondary N) is 1. The quantitative estimate of drug-likeness (QED) is 0.372. The first-order valence-electron chi connectivity index (χ1n) is 7.55. The second kappa shape index (κ2) is 7.79. The van der Waals surface area contributed by atoms with Gasteiger partial charge in [0.05, 0.1) is 17.3 Å². The number of benzene rings is 2. The molecule has 1 aliphatic heterocycles. The Morgan fingerprint density at radius 2 is 1.85 bits per heavy atom. The summed E-state index contributed by atoms with van der Waals surface area (Å²) in [6, 6.07) is 10.1. The average molecular weight is 512 g/mol. The topological polar surface area (TPSA) is 78.9 Å². The predicted molar refractivity (Wildman–Crippen MR) is 113 cm³/mol. The highest BCUT2D eigenvalue weighted by atomic mass is 79.9. The van der Waals surface area contributed by atoms with E-state index in [4.69, 9.17) is 17.0 Å². The number of phenolic OH excluding ortho intramolecular Hbond substituents is 1. The molecule has 1 fully saturated rings. The fourth-order valence-corrected chi connectivity index (χ4v) is 3.49. The summed E-state index contributed by atoms with van der Waals surface area (Å²) < 4.78 is 6.32. The van der Waals surface area contributed by atoms with Gasteiger partial charge in [-0.15, -0.1) is 0 Å². The molecule has 1 saturated heterocycles. The third-order valence-corrected chi connectivity index (χ3v) is 5.19. The lowest BCUT2D eigenvalue weighted by Crippen LogP contribution is -2.54. The van der Waals surface area contributed by atoms with Crippen molar-refractivity contribution in [1.29, 1.82) is 0 Å². The van der Waals surface area contributed by atoms with Crippen molar-refractivity contribution in [2.24, 2.45) is 0 Å². The number of thiocarbonyl (C=S) groups is 1. The number of rotatable bonds is 3. The zero-order chi connectivity index (χ0) is 19.7. The Kier molecular flexibility index (Phi) is 5.64. The number of amides is 2. The molecular formula is C18H12Br2N2O4S. The third-order valence-electron chi connectivity index (χ3n) is 3.77. The van der Waals surface area contributed by atoms with E-state index in [0.29, 0.717) is 15.7 Å². The van der Waals surface area contributed by atoms with E-state index >= 15 is 0 Å². The molecule has 0 spiro atoms. The van der Waals surface area contributed by atoms with E-state index in [1.54, 1.807) is 30.3 Å². The molecule has 0 aromatic heterocycles. The Balaban J connectivity index is 2.04. The number of halogens is 2. The second-order valence-corrected chi connectivity index (χ2v) is 7.64. The van der Waals surface area contributed by atoms with Gasteiger partial charge in [-0.1, -0.05) is 15.9 Å². The number of hydrogen-bond acceptors (Lipinski definition) is 5. The normalized spacial score (nSPS) is 15.9. The van der Waals surface area contributed by atoms with E-state index < -0.39 is 11.8 Å². The molecule has 9 heteroatoms. The minimum atomic E-state index is -0.596. The van der Waals surface area contributed by atoms with Crippen molar-refractivity contribution in [2.75, 3.05) is 12.0 Å². The van der Waals surface area contributed by atoms with Crippen LogP contribution in [0.5, 0.6) is 11.5 Å². The Hall–Kier alpha value is -2.23. The van der Waals surface area contributed by atoms with Crippen LogP contribution >= 0.6 is 44.1 Å². The summed E-state index contributed by atoms with van der Waals surface area (Å²) >= 11 is 11.7. The predicted octanol–water partition coefficient (Wildman–Crippen LogP) is 3.76. The summed E-state index contributed by atoms with van der Waals surface area (Å²) in [5, 5.41) is 12.4. The lowest BCUT2D eigenvalue weighted by molar-refractivity contribution is -0.122. The van der Waals surface area contributed by atoms with E-state index in [1.165, 1.54) is 24.2 Å². The van der Waals surface area contributed by atoms with Crippen LogP contribution in [-0.2, 0) is 9.59 Å². The van der Waals surface area contributed by atoms with Crippen molar-refractivity contribution in [3.8, 4) is 11.5 Å². The van der Waals surface area contributed by atoms with Crippen LogP contribution in [0.4, 0.5) is 5.69 Å². The summed E-state index contributed by atoms with van der Waals surface area (Å²) in [6.07, 6.45) is 1.41. The van der Waals surface area contributed by atoms with Gasteiger partial charge in [0.1, 0.15) is 5.57 Å². The fraction of sp³-hybridized carbons (Fsp3) is 0.0556. The number of methoxy groups -OCH3 is 1. The van der Waals surface area contributed by atoms with E-state index in [0.717, 1.165) is 4.47 Å². The molecule has 138 valence electrons. The van der Waals surface area contributed by atoms with E-state index in [9.17, 15) is 14.7 Å². The van der Waals surface area contributed by atoms with Crippen LogP contribution in [0, 0.1) is 0 Å². The van der Waals surface area contributed by atoms with Crippen molar-refractivity contribution in [2.45, 2.75) is 0 Å². The fourth-order valence-electron chi connectivity index (χ4n) is 2.48. The first kappa shape index (κ1) is 19.5. The molecule has 0 atom stereocenters. The summed E-state index contributed by atoms with van der Waals surface area (Å²) in [5.41, 5.74) is 0.938. The number of ether oxygens (including phenoxy) is 1. The molecule has 0 radical (unpaired) electrons. The zero-order valence-electron chi connectivity index (χ0n) is 13.8. The van der Waals surface area contributed by atoms with Gasteiger partial charge in [0.2, 0.25) is 0 Å². The smallest absolute Gasteiger partial charge is 0.270 e. The second-order valence-electron chi connectivity index (χ2n) is 5.49. The highest BCUT2D eigenvalue weighted by molar-refractivity contribution is 9.10. The summed E-state index contributed by atoms with van der Waals surface area (Å²) in [6.45, 7) is 0. The molecule has 27 heavy (non-hydrogen) atoms. The van der Waals surface area contributed by atoms with Crippen molar-refractivity contribution in [3.63, 3.8) is 0 Å². The van der Waals surface area contributed by atoms with Crippen LogP contribution in [0.2, 0.25) is 0 Å². The molecule has 2 N–H and O–H groups in total. The van der Waals surface area contributed by atoms with Gasteiger partial charge in [-0.3, -0.25) is 19.8 Å². The van der Waals surface area contributed by atoms with Gasteiger partial charge < -0.3 is 9.84 Å². The average Bonchev–Trinajstić information content (AvgIpc) is 2.62. The molecule has 2 aromatic carbocycles. The minimum Gasteiger partial charge on any atom is -0.503 e. The lowest BCUT2D eigenvalue weighted by atomic mass is 10.1. The zero-order valence-corrected chi connectivity index (χ0v) is 17.8. The maximum atomic E-state index is 12.9. The highest BCUT2D eigenvalue weighted by Crippen LogP contribution is 2.36. The largest absolute Gasteiger partial charge is 0.503 e. The summed E-state index contributed by atoms with van der Waals surface area (Å²) in [5.74, 6) is -1.01. The molecule has 0 bridgehead atoms. The molecule has 1 aliphatic rings. The maximum absolute atomic E-state index is 12.9. The third kappa shape index (κ3) is 3.90. The molecule has 6 nitrogen and oxygen atoms in total. The van der Waals surface area contributed by atoms with Crippen molar-refractivity contribution >= 4 is 72.8 Å². The van der Waals surface area contributed by atoms with Gasteiger partial charge in [0.25, 0.3) is 11.8 Å². The highest BCUT2D eigenvalue weighted by Gasteiger charge is 2.34. The Morgan fingerprint density at radius 1 is 1.19 bits per heavy atom. The van der Waals surface area contributed by atoms with Crippen molar-refractivity contribution in [1.82, 2.24) is 5.32 Å². The standard InChI is InChI=1S/C18H12Br2N2O4S/c1-26-14-8-9(7-13(20)15(14)23)6-12-16(24)21-18(27)22(17(12)25)11-4-2-10(19)3-5-11/h2-8,23H,1H3,(H,21,24,27). The number of hydrogen-bond donors (Lipinski definition) is 2. The van der Waals surface area contributed by atoms with Crippen LogP contribution in [0.3, 0.4) is 0 Å². The Bertz CT molecular complexity index is 990. The van der Waals surface area contributed by atoms with Gasteiger partial charge in [0, 0.05) is 4.47 Å². The monoisotopic (exact) mass is 510 g/mol. The van der Waals surface area contributed by atoms with Gasteiger partial charge in [-0.05, 0) is 76.2 Å². The van der Waals surface area contributed by atoms with Crippen molar-refractivity contribution < 1.29 is 19.4 Å². The van der Waals surface area contributed by atoms with Crippen LogP contribution < -0.4 is 15.0 Å². The van der Waals surface area contributed by atoms with Crippen LogP contribution in [-0.4, -0.2) is 29.1 Å². The van der Waals surface area contributed by atoms with E-state index in [1.807, 2.05) is 0 Å². The molecule has 2 aromatic rings. The first-order valence-corrected chi connectivity index (χ1v) is 9.54. The SMILES string of the molecule is COc1cc(C=C2C(=O)NC(=S)N(c3ccc(Br)cc3)C2=O)cc(Br)c1O. The molecule has 2 amide bonds. The molecule has 1 heterocycles. The van der Waals surface area contributed by atoms with E-state index in [2.05, 4.69) is 37.2 Å². The molecule has 0 unspecified atom stereocenters. The Morgan fingerprint density at radius 3 is 2.48 bits per heavy atom. The summed E-state index contributed by atoms with van der Waals surface area (Å²) in [4.78, 5) is 26.5. The maximum Gasteiger partial charge on any atom is 0.270 e. The van der Waals surface area contributed by atoms with E-state index in [-0.39, 0.29) is 22.2 Å². The van der Waals surface area contributed by atoms with Crippen LogP contribution in [0.1, 0.15) is 5.56 Å². The Labute approximate surface area is 177 Å². The van der Waals surface area contributed by atoms with Gasteiger partial charge in [-0.2, -0.15) is 0 Å². The van der Waals surface area contributed by atoms with Gasteiger partial charge in [0.15, 0.2) is 16.6 Å². The van der Waals surface area contributed by atoms with Gasteiger partial charge >= 0.3 is 0 Å². The number of carbonyl (C=O) groups is 2. The number of anilines is 1. The van der Waals surface area contributed by atoms with Crippen molar-refractivity contribution in [3.05, 3.63) is 56.5 Å².